The topological polar surface area (TPSA) is 176 Å². The monoisotopic (exact) mass is 501 g/mol. The van der Waals surface area contributed by atoms with Crippen molar-refractivity contribution in [2.75, 3.05) is 5.75 Å². The minimum absolute atomic E-state index is 0.0123. The normalized spacial score (nSPS) is 20.9. The molecule has 11 heteroatoms. The molecule has 0 aliphatic heterocycles. The van der Waals surface area contributed by atoms with Gasteiger partial charge in [-0.05, 0) is 17.7 Å². The fourth-order valence-electron chi connectivity index (χ4n) is 3.70. The molecular formula is C24H27N3O7S. The van der Waals surface area contributed by atoms with Crippen LogP contribution in [0.2, 0.25) is 0 Å². The summed E-state index contributed by atoms with van der Waals surface area (Å²) in [7, 11) is -3.93. The van der Waals surface area contributed by atoms with Gasteiger partial charge in [-0.1, -0.05) is 54.6 Å². The van der Waals surface area contributed by atoms with E-state index in [-0.39, 0.29) is 23.3 Å². The molecule has 6 N–H and O–H groups in total. The molecule has 3 rings (SSSR count). The number of hydrogen-bond acceptors (Lipinski definition) is 7. The van der Waals surface area contributed by atoms with Gasteiger partial charge in [0.05, 0.1) is 17.0 Å². The lowest BCUT2D eigenvalue weighted by Crippen LogP contribution is -2.53. The van der Waals surface area contributed by atoms with Gasteiger partial charge in [-0.2, -0.15) is 0 Å². The molecule has 0 spiro atoms. The van der Waals surface area contributed by atoms with E-state index in [1.165, 1.54) is 30.3 Å². The van der Waals surface area contributed by atoms with Gasteiger partial charge in [0, 0.05) is 18.4 Å². The highest BCUT2D eigenvalue weighted by Gasteiger charge is 2.35. The van der Waals surface area contributed by atoms with E-state index in [2.05, 4.69) is 10.6 Å². The van der Waals surface area contributed by atoms with Gasteiger partial charge < -0.3 is 26.6 Å². The van der Waals surface area contributed by atoms with E-state index < -0.39 is 57.6 Å². The van der Waals surface area contributed by atoms with E-state index >= 15 is 0 Å². The zero-order valence-electron chi connectivity index (χ0n) is 18.7. The largest absolute Gasteiger partial charge is 0.390 e. The number of benzene rings is 2. The third kappa shape index (κ3) is 6.98. The van der Waals surface area contributed by atoms with Crippen LogP contribution in [0.3, 0.4) is 0 Å². The molecule has 0 heterocycles. The fourth-order valence-corrected chi connectivity index (χ4v) is 4.87. The number of primary amides is 1. The lowest BCUT2D eigenvalue weighted by Gasteiger charge is -2.31. The van der Waals surface area contributed by atoms with Crippen LogP contribution < -0.4 is 16.4 Å². The molecular weight excluding hydrogens is 474 g/mol. The van der Waals surface area contributed by atoms with E-state index in [1.807, 2.05) is 0 Å². The number of aliphatic hydroxyl groups is 2. The van der Waals surface area contributed by atoms with Crippen molar-refractivity contribution in [3.63, 3.8) is 0 Å². The van der Waals surface area contributed by atoms with Gasteiger partial charge in [0.15, 0.2) is 9.84 Å². The Bertz CT molecular complexity index is 1200. The number of amides is 3. The number of nitrogens with two attached hydrogens (primary N) is 1. The van der Waals surface area contributed by atoms with Crippen molar-refractivity contribution in [3.05, 3.63) is 77.9 Å². The molecule has 0 radical (unpaired) electrons. The van der Waals surface area contributed by atoms with Crippen LogP contribution in [0, 0.1) is 0 Å². The molecule has 10 nitrogen and oxygen atoms in total. The van der Waals surface area contributed by atoms with Crippen LogP contribution in [-0.2, 0) is 30.6 Å². The zero-order chi connectivity index (χ0) is 25.6. The molecule has 0 saturated heterocycles. The molecule has 0 bridgehead atoms. The highest BCUT2D eigenvalue weighted by Crippen LogP contribution is 2.21. The predicted octanol–water partition coefficient (Wildman–Crippen LogP) is -0.790. The Kier molecular flexibility index (Phi) is 8.39. The van der Waals surface area contributed by atoms with E-state index in [0.717, 1.165) is 5.56 Å². The third-order valence-electron chi connectivity index (χ3n) is 5.55. The Morgan fingerprint density at radius 1 is 1.00 bits per heavy atom. The Morgan fingerprint density at radius 3 is 2.20 bits per heavy atom. The SMILES string of the molecule is NC(=O)[C@@H](Cc1ccccc1)NC(=O)C1=C[C@@H](NC(=O)CS(=O)(=O)c2ccccc2)[C@@H](O)[C@H](O)C1. The molecule has 0 unspecified atom stereocenters. The molecule has 0 fully saturated rings. The molecule has 186 valence electrons. The van der Waals surface area contributed by atoms with Crippen LogP contribution in [0.15, 0.2) is 77.2 Å². The summed E-state index contributed by atoms with van der Waals surface area (Å²) in [6.07, 6.45) is -1.72. The summed E-state index contributed by atoms with van der Waals surface area (Å²) in [5.74, 6) is -3.25. The van der Waals surface area contributed by atoms with Gasteiger partial charge in [-0.15, -0.1) is 0 Å². The molecule has 35 heavy (non-hydrogen) atoms. The summed E-state index contributed by atoms with van der Waals surface area (Å²) in [5, 5.41) is 25.4. The molecule has 4 atom stereocenters. The van der Waals surface area contributed by atoms with Crippen LogP contribution in [0.5, 0.6) is 0 Å². The summed E-state index contributed by atoms with van der Waals surface area (Å²) in [6, 6.07) is 14.1. The highest BCUT2D eigenvalue weighted by molar-refractivity contribution is 7.92. The van der Waals surface area contributed by atoms with Gasteiger partial charge >= 0.3 is 0 Å². The molecule has 1 aliphatic rings. The van der Waals surface area contributed by atoms with E-state index in [4.69, 9.17) is 5.73 Å². The van der Waals surface area contributed by atoms with E-state index in [0.29, 0.717) is 0 Å². The van der Waals surface area contributed by atoms with Crippen molar-refractivity contribution in [2.45, 2.75) is 42.0 Å². The van der Waals surface area contributed by atoms with Crippen molar-refractivity contribution in [3.8, 4) is 0 Å². The molecule has 2 aromatic rings. The number of aliphatic hydroxyl groups excluding tert-OH is 2. The Hall–Kier alpha value is -3.54. The number of carbonyl (C=O) groups is 3. The number of hydrogen-bond donors (Lipinski definition) is 5. The summed E-state index contributed by atoms with van der Waals surface area (Å²) in [5.41, 5.74) is 6.22. The number of carbonyl (C=O) groups excluding carboxylic acids is 3. The van der Waals surface area contributed by atoms with Crippen molar-refractivity contribution >= 4 is 27.6 Å². The van der Waals surface area contributed by atoms with Crippen molar-refractivity contribution in [1.82, 2.24) is 10.6 Å². The second kappa shape index (κ2) is 11.3. The smallest absolute Gasteiger partial charge is 0.247 e. The Balaban J connectivity index is 1.70. The maximum atomic E-state index is 12.8. The zero-order valence-corrected chi connectivity index (χ0v) is 19.5. The van der Waals surface area contributed by atoms with Crippen LogP contribution in [-0.4, -0.2) is 66.4 Å². The van der Waals surface area contributed by atoms with Gasteiger partial charge in [0.1, 0.15) is 17.9 Å². The summed E-state index contributed by atoms with van der Waals surface area (Å²) < 4.78 is 24.9. The first kappa shape index (κ1) is 26.1. The van der Waals surface area contributed by atoms with Gasteiger partial charge in [-0.3, -0.25) is 14.4 Å². The molecule has 0 saturated carbocycles. The average molecular weight is 502 g/mol. The fraction of sp³-hybridized carbons (Fsp3) is 0.292. The van der Waals surface area contributed by atoms with E-state index in [9.17, 15) is 33.0 Å². The Labute approximate surface area is 202 Å². The highest BCUT2D eigenvalue weighted by atomic mass is 32.2. The molecule has 3 amide bonds. The second-order valence-corrected chi connectivity index (χ2v) is 10.2. The van der Waals surface area contributed by atoms with Gasteiger partial charge in [0.25, 0.3) is 0 Å². The van der Waals surface area contributed by atoms with Gasteiger partial charge in [0.2, 0.25) is 17.7 Å². The second-order valence-electron chi connectivity index (χ2n) is 8.24. The predicted molar refractivity (Wildman–Crippen MR) is 126 cm³/mol. The molecule has 0 aromatic heterocycles. The van der Waals surface area contributed by atoms with Crippen LogP contribution in [0.1, 0.15) is 12.0 Å². The minimum Gasteiger partial charge on any atom is -0.390 e. The van der Waals surface area contributed by atoms with Gasteiger partial charge in [-0.25, -0.2) is 8.42 Å². The van der Waals surface area contributed by atoms with E-state index in [1.54, 1.807) is 36.4 Å². The van der Waals surface area contributed by atoms with Crippen molar-refractivity contribution in [2.24, 2.45) is 5.73 Å². The summed E-state index contributed by atoms with van der Waals surface area (Å²) >= 11 is 0. The minimum atomic E-state index is -3.93. The first-order valence-electron chi connectivity index (χ1n) is 10.8. The lowest BCUT2D eigenvalue weighted by molar-refractivity contribution is -0.126. The van der Waals surface area contributed by atoms with Crippen molar-refractivity contribution in [1.29, 1.82) is 0 Å². The molecule has 1 aliphatic carbocycles. The maximum absolute atomic E-state index is 12.8. The third-order valence-corrected chi connectivity index (χ3v) is 7.18. The lowest BCUT2D eigenvalue weighted by atomic mass is 9.89. The van der Waals surface area contributed by atoms with Crippen LogP contribution >= 0.6 is 0 Å². The number of nitrogens with one attached hydrogen (secondary N) is 2. The quantitative estimate of drug-likeness (QED) is 0.299. The van der Waals surface area contributed by atoms with Crippen LogP contribution in [0.4, 0.5) is 0 Å². The average Bonchev–Trinajstić information content (AvgIpc) is 2.82. The summed E-state index contributed by atoms with van der Waals surface area (Å²) in [4.78, 5) is 37.1. The maximum Gasteiger partial charge on any atom is 0.247 e. The number of sulfone groups is 1. The molecule has 2 aromatic carbocycles. The first-order valence-corrected chi connectivity index (χ1v) is 12.5. The summed E-state index contributed by atoms with van der Waals surface area (Å²) in [6.45, 7) is 0. The number of rotatable bonds is 9. The standard InChI is InChI=1S/C24H27N3O7S/c25-23(31)19(11-15-7-3-1-4-8-15)27-24(32)16-12-18(22(30)20(28)13-16)26-21(29)14-35(33,34)17-9-5-2-6-10-17/h1-10,12,18-20,22,28,30H,11,13-14H2,(H2,25,31)(H,26,29)(H,27,32)/t18-,19-,20-,22-/m1/s1. The van der Waals surface area contributed by atoms with Crippen LogP contribution in [0.25, 0.3) is 0 Å². The first-order chi connectivity index (χ1) is 16.6. The Morgan fingerprint density at radius 2 is 1.60 bits per heavy atom. The van der Waals surface area contributed by atoms with Crippen molar-refractivity contribution < 1.29 is 33.0 Å².